The van der Waals surface area contributed by atoms with Crippen LogP contribution in [0.5, 0.6) is 0 Å². The summed E-state index contributed by atoms with van der Waals surface area (Å²) in [6.45, 7) is 1.46. The molecule has 14 heavy (non-hydrogen) atoms. The van der Waals surface area contributed by atoms with Crippen LogP contribution in [0.3, 0.4) is 0 Å². The number of benzene rings is 1. The molecule has 74 valence electrons. The first-order valence-electron chi connectivity index (χ1n) is 4.43. The van der Waals surface area contributed by atoms with Crippen molar-refractivity contribution in [2.45, 2.75) is 6.54 Å². The zero-order chi connectivity index (χ0) is 9.97. The second-order valence-electron chi connectivity index (χ2n) is 3.02. The Hall–Kier alpha value is -0.870. The van der Waals surface area contributed by atoms with E-state index in [0.29, 0.717) is 6.61 Å². The second kappa shape index (κ2) is 4.11. The SMILES string of the molecule is COCCn1nc(Br)c2ccccc21. The third-order valence-electron chi connectivity index (χ3n) is 2.12. The first-order chi connectivity index (χ1) is 6.83. The van der Waals surface area contributed by atoms with Gasteiger partial charge in [0, 0.05) is 12.5 Å². The number of nitrogens with zero attached hydrogens (tertiary/aromatic N) is 2. The van der Waals surface area contributed by atoms with Crippen molar-refractivity contribution in [2.24, 2.45) is 0 Å². The average Bonchev–Trinajstić information content (AvgIpc) is 2.54. The van der Waals surface area contributed by atoms with Crippen LogP contribution in [0.25, 0.3) is 10.9 Å². The molecule has 0 amide bonds. The molecule has 0 atom stereocenters. The number of hydrogen-bond acceptors (Lipinski definition) is 2. The predicted octanol–water partition coefficient (Wildman–Crippen LogP) is 2.45. The van der Waals surface area contributed by atoms with Crippen molar-refractivity contribution in [3.63, 3.8) is 0 Å². The van der Waals surface area contributed by atoms with Crippen LogP contribution in [0, 0.1) is 0 Å². The number of para-hydroxylation sites is 1. The molecule has 0 bridgehead atoms. The topological polar surface area (TPSA) is 27.1 Å². The Bertz CT molecular complexity index is 439. The van der Waals surface area contributed by atoms with E-state index in [0.717, 1.165) is 22.1 Å². The predicted molar refractivity (Wildman–Crippen MR) is 59.3 cm³/mol. The van der Waals surface area contributed by atoms with E-state index in [1.807, 2.05) is 16.8 Å². The van der Waals surface area contributed by atoms with E-state index >= 15 is 0 Å². The lowest BCUT2D eigenvalue weighted by Gasteiger charge is -2.01. The molecule has 0 unspecified atom stereocenters. The summed E-state index contributed by atoms with van der Waals surface area (Å²) >= 11 is 3.44. The van der Waals surface area contributed by atoms with Crippen molar-refractivity contribution >= 4 is 26.8 Å². The molecular weight excluding hydrogens is 244 g/mol. The Morgan fingerprint density at radius 3 is 3.00 bits per heavy atom. The molecule has 0 aliphatic carbocycles. The van der Waals surface area contributed by atoms with E-state index in [1.165, 1.54) is 0 Å². The van der Waals surface area contributed by atoms with E-state index in [1.54, 1.807) is 7.11 Å². The first kappa shape index (κ1) is 9.68. The quantitative estimate of drug-likeness (QED) is 0.842. The van der Waals surface area contributed by atoms with Crippen LogP contribution >= 0.6 is 15.9 Å². The Morgan fingerprint density at radius 1 is 1.43 bits per heavy atom. The molecule has 3 nitrogen and oxygen atoms in total. The minimum absolute atomic E-state index is 0.679. The van der Waals surface area contributed by atoms with Crippen LogP contribution in [0.4, 0.5) is 0 Å². The van der Waals surface area contributed by atoms with Gasteiger partial charge in [0.1, 0.15) is 4.60 Å². The Morgan fingerprint density at radius 2 is 2.21 bits per heavy atom. The highest BCUT2D eigenvalue weighted by atomic mass is 79.9. The van der Waals surface area contributed by atoms with Crippen LogP contribution in [-0.2, 0) is 11.3 Å². The molecule has 4 heteroatoms. The molecule has 1 aromatic carbocycles. The lowest BCUT2D eigenvalue weighted by molar-refractivity contribution is 0.185. The Balaban J connectivity index is 2.44. The standard InChI is InChI=1S/C10H11BrN2O/c1-14-7-6-13-9-5-3-2-4-8(9)10(11)12-13/h2-5H,6-7H2,1H3. The van der Waals surface area contributed by atoms with Gasteiger partial charge in [0.05, 0.1) is 18.7 Å². The molecule has 2 rings (SSSR count). The molecule has 0 N–H and O–H groups in total. The van der Waals surface area contributed by atoms with Crippen molar-refractivity contribution in [3.8, 4) is 0 Å². The minimum atomic E-state index is 0.679. The van der Waals surface area contributed by atoms with Crippen molar-refractivity contribution in [1.82, 2.24) is 9.78 Å². The molecule has 1 heterocycles. The van der Waals surface area contributed by atoms with Gasteiger partial charge in [-0.15, -0.1) is 0 Å². The highest BCUT2D eigenvalue weighted by Gasteiger charge is 2.06. The molecule has 1 aromatic heterocycles. The first-order valence-corrected chi connectivity index (χ1v) is 5.22. The molecule has 0 saturated heterocycles. The van der Waals surface area contributed by atoms with Crippen molar-refractivity contribution in [3.05, 3.63) is 28.9 Å². The highest BCUT2D eigenvalue weighted by Crippen LogP contribution is 2.22. The van der Waals surface area contributed by atoms with Crippen molar-refractivity contribution < 1.29 is 4.74 Å². The van der Waals surface area contributed by atoms with Gasteiger partial charge in [-0.05, 0) is 22.0 Å². The fraction of sp³-hybridized carbons (Fsp3) is 0.300. The zero-order valence-electron chi connectivity index (χ0n) is 7.90. The largest absolute Gasteiger partial charge is 0.383 e. The molecule has 0 fully saturated rings. The zero-order valence-corrected chi connectivity index (χ0v) is 9.49. The maximum atomic E-state index is 5.03. The maximum Gasteiger partial charge on any atom is 0.135 e. The summed E-state index contributed by atoms with van der Waals surface area (Å²) in [5, 5.41) is 5.52. The molecule has 0 aliphatic heterocycles. The summed E-state index contributed by atoms with van der Waals surface area (Å²) in [5.41, 5.74) is 1.14. The normalized spacial score (nSPS) is 11.0. The average molecular weight is 255 g/mol. The van der Waals surface area contributed by atoms with Crippen molar-refractivity contribution in [2.75, 3.05) is 13.7 Å². The van der Waals surface area contributed by atoms with Crippen LogP contribution in [0.15, 0.2) is 28.9 Å². The lowest BCUT2D eigenvalue weighted by Crippen LogP contribution is -2.05. The van der Waals surface area contributed by atoms with Gasteiger partial charge in [-0.1, -0.05) is 18.2 Å². The third kappa shape index (κ3) is 1.67. The summed E-state index contributed by atoms with van der Waals surface area (Å²) in [7, 11) is 1.70. The summed E-state index contributed by atoms with van der Waals surface area (Å²) in [4.78, 5) is 0. The minimum Gasteiger partial charge on any atom is -0.383 e. The van der Waals surface area contributed by atoms with Gasteiger partial charge in [0.2, 0.25) is 0 Å². The summed E-state index contributed by atoms with van der Waals surface area (Å²) in [5.74, 6) is 0. The number of fused-ring (bicyclic) bond motifs is 1. The van der Waals surface area contributed by atoms with Crippen LogP contribution in [0.1, 0.15) is 0 Å². The summed E-state index contributed by atoms with van der Waals surface area (Å²) in [6.07, 6.45) is 0. The van der Waals surface area contributed by atoms with Crippen LogP contribution in [-0.4, -0.2) is 23.5 Å². The maximum absolute atomic E-state index is 5.03. The fourth-order valence-electron chi connectivity index (χ4n) is 1.44. The number of aromatic nitrogens is 2. The van der Waals surface area contributed by atoms with Gasteiger partial charge < -0.3 is 4.74 Å². The Labute approximate surface area is 90.8 Å². The summed E-state index contributed by atoms with van der Waals surface area (Å²) < 4.78 is 7.87. The second-order valence-corrected chi connectivity index (χ2v) is 3.78. The monoisotopic (exact) mass is 254 g/mol. The number of hydrogen-bond donors (Lipinski definition) is 0. The molecule has 2 aromatic rings. The van der Waals surface area contributed by atoms with E-state index in [9.17, 15) is 0 Å². The molecular formula is C10H11BrN2O. The molecule has 0 spiro atoms. The van der Waals surface area contributed by atoms with Crippen LogP contribution in [0.2, 0.25) is 0 Å². The summed E-state index contributed by atoms with van der Waals surface area (Å²) in [6, 6.07) is 8.13. The third-order valence-corrected chi connectivity index (χ3v) is 2.71. The van der Waals surface area contributed by atoms with Crippen molar-refractivity contribution in [1.29, 1.82) is 0 Å². The van der Waals surface area contributed by atoms with E-state index < -0.39 is 0 Å². The smallest absolute Gasteiger partial charge is 0.135 e. The van der Waals surface area contributed by atoms with Gasteiger partial charge >= 0.3 is 0 Å². The van der Waals surface area contributed by atoms with Gasteiger partial charge in [0.25, 0.3) is 0 Å². The lowest BCUT2D eigenvalue weighted by atomic mass is 10.3. The van der Waals surface area contributed by atoms with Gasteiger partial charge in [-0.2, -0.15) is 5.10 Å². The van der Waals surface area contributed by atoms with Gasteiger partial charge in [-0.3, -0.25) is 4.68 Å². The molecule has 0 saturated carbocycles. The van der Waals surface area contributed by atoms with Gasteiger partial charge in [0.15, 0.2) is 0 Å². The fourth-order valence-corrected chi connectivity index (χ4v) is 1.96. The number of methoxy groups -OCH3 is 1. The Kier molecular flexibility index (Phi) is 2.84. The van der Waals surface area contributed by atoms with E-state index in [2.05, 4.69) is 33.2 Å². The molecule has 0 radical (unpaired) electrons. The van der Waals surface area contributed by atoms with E-state index in [-0.39, 0.29) is 0 Å². The number of halogens is 1. The molecule has 0 aliphatic rings. The van der Waals surface area contributed by atoms with E-state index in [4.69, 9.17) is 4.74 Å². The number of ether oxygens (including phenoxy) is 1. The highest BCUT2D eigenvalue weighted by molar-refractivity contribution is 9.10. The number of rotatable bonds is 3. The van der Waals surface area contributed by atoms with Gasteiger partial charge in [-0.25, -0.2) is 0 Å². The van der Waals surface area contributed by atoms with Crippen LogP contribution < -0.4 is 0 Å².